The van der Waals surface area contributed by atoms with Crippen molar-refractivity contribution in [3.8, 4) is 0 Å². The highest BCUT2D eigenvalue weighted by Gasteiger charge is 2.42. The molecule has 3 aromatic rings. The van der Waals surface area contributed by atoms with E-state index in [9.17, 15) is 14.0 Å². The number of benzene rings is 3. The van der Waals surface area contributed by atoms with Gasteiger partial charge in [-0.15, -0.1) is 0 Å². The fourth-order valence-corrected chi connectivity index (χ4v) is 3.32. The highest BCUT2D eigenvalue weighted by atomic mass is 19.1. The number of hydrogen-bond donors (Lipinski definition) is 0. The first kappa shape index (κ1) is 17.7. The zero-order chi connectivity index (χ0) is 19.7. The molecular weight excluding hydrogens is 355 g/mol. The zero-order valence-electron chi connectivity index (χ0n) is 15.2. The molecule has 4 rings (SSSR count). The average molecular weight is 372 g/mol. The van der Waals surface area contributed by atoms with Gasteiger partial charge in [-0.3, -0.25) is 9.59 Å². The highest BCUT2D eigenvalue weighted by molar-refractivity contribution is 6.46. The predicted molar refractivity (Wildman–Crippen MR) is 107 cm³/mol. The Balaban J connectivity index is 1.88. The summed E-state index contributed by atoms with van der Waals surface area (Å²) in [6.07, 6.45) is 0. The van der Waals surface area contributed by atoms with Crippen molar-refractivity contribution in [2.24, 2.45) is 0 Å². The lowest BCUT2D eigenvalue weighted by atomic mass is 10.0. The number of carbonyl (C=O) groups excluding carboxylic acids is 2. The van der Waals surface area contributed by atoms with Crippen LogP contribution in [0.4, 0.5) is 15.8 Å². The summed E-state index contributed by atoms with van der Waals surface area (Å²) in [7, 11) is 1.74. The predicted octanol–water partition coefficient (Wildman–Crippen LogP) is 4.25. The molecule has 1 aliphatic rings. The molecule has 0 radical (unpaired) electrons. The number of imide groups is 1. The van der Waals surface area contributed by atoms with Gasteiger partial charge in [0, 0.05) is 12.7 Å². The van der Waals surface area contributed by atoms with E-state index < -0.39 is 17.6 Å². The van der Waals surface area contributed by atoms with E-state index in [0.29, 0.717) is 11.1 Å². The molecule has 0 fully saturated rings. The van der Waals surface area contributed by atoms with Gasteiger partial charge in [0.15, 0.2) is 0 Å². The lowest BCUT2D eigenvalue weighted by molar-refractivity contribution is -0.120. The van der Waals surface area contributed by atoms with Crippen molar-refractivity contribution < 1.29 is 14.0 Å². The Bertz CT molecular complexity index is 1080. The highest BCUT2D eigenvalue weighted by Crippen LogP contribution is 2.36. The maximum Gasteiger partial charge on any atom is 0.282 e. The smallest absolute Gasteiger partial charge is 0.282 e. The standard InChI is InChI=1S/C23H17FN2O2/c1-25(18-12-6-3-7-13-18)21-20(16-9-4-2-5-10-16)22(27)26(23(21)28)19-14-8-11-17(24)15-19/h2-15H,1H3. The Labute approximate surface area is 162 Å². The Morgan fingerprint density at radius 1 is 0.786 bits per heavy atom. The zero-order valence-corrected chi connectivity index (χ0v) is 15.2. The molecule has 138 valence electrons. The molecule has 28 heavy (non-hydrogen) atoms. The van der Waals surface area contributed by atoms with Gasteiger partial charge in [-0.1, -0.05) is 54.6 Å². The van der Waals surface area contributed by atoms with Crippen LogP contribution in [0.1, 0.15) is 5.56 Å². The van der Waals surface area contributed by atoms with Crippen LogP contribution in [0.2, 0.25) is 0 Å². The van der Waals surface area contributed by atoms with Crippen molar-refractivity contribution in [2.45, 2.75) is 0 Å². The van der Waals surface area contributed by atoms with E-state index in [1.165, 1.54) is 18.2 Å². The van der Waals surface area contributed by atoms with Crippen molar-refractivity contribution in [1.82, 2.24) is 0 Å². The first-order valence-corrected chi connectivity index (χ1v) is 8.81. The van der Waals surface area contributed by atoms with E-state index in [-0.39, 0.29) is 11.4 Å². The van der Waals surface area contributed by atoms with Crippen LogP contribution in [0.15, 0.2) is 90.6 Å². The monoisotopic (exact) mass is 372 g/mol. The van der Waals surface area contributed by atoms with Gasteiger partial charge in [-0.2, -0.15) is 0 Å². The van der Waals surface area contributed by atoms with E-state index >= 15 is 0 Å². The van der Waals surface area contributed by atoms with Gasteiger partial charge in [0.05, 0.1) is 11.3 Å². The molecule has 0 N–H and O–H groups in total. The quantitative estimate of drug-likeness (QED) is 0.643. The summed E-state index contributed by atoms with van der Waals surface area (Å²) in [5.41, 5.74) is 2.17. The van der Waals surface area contributed by atoms with Crippen molar-refractivity contribution in [2.75, 3.05) is 16.8 Å². The third kappa shape index (κ3) is 2.97. The molecule has 5 heteroatoms. The number of anilines is 2. The van der Waals surface area contributed by atoms with Crippen molar-refractivity contribution in [3.63, 3.8) is 0 Å². The van der Waals surface area contributed by atoms with Gasteiger partial charge in [-0.05, 0) is 35.9 Å². The number of halogens is 1. The number of carbonyl (C=O) groups is 2. The van der Waals surface area contributed by atoms with E-state index in [0.717, 1.165) is 10.6 Å². The van der Waals surface area contributed by atoms with Crippen molar-refractivity contribution in [1.29, 1.82) is 0 Å². The summed E-state index contributed by atoms with van der Waals surface area (Å²) in [5.74, 6) is -1.47. The Kier molecular flexibility index (Phi) is 4.49. The molecular formula is C23H17FN2O2. The van der Waals surface area contributed by atoms with Crippen LogP contribution in [0.3, 0.4) is 0 Å². The number of likely N-dealkylation sites (N-methyl/N-ethyl adjacent to an activating group) is 1. The molecule has 0 saturated heterocycles. The summed E-state index contributed by atoms with van der Waals surface area (Å²) in [4.78, 5) is 29.3. The Morgan fingerprint density at radius 2 is 1.43 bits per heavy atom. The molecule has 3 aromatic carbocycles. The number of nitrogens with zero attached hydrogens (tertiary/aromatic N) is 2. The third-order valence-corrected chi connectivity index (χ3v) is 4.67. The molecule has 1 aliphatic heterocycles. The number of rotatable bonds is 4. The van der Waals surface area contributed by atoms with Crippen molar-refractivity contribution >= 4 is 28.8 Å². The maximum absolute atomic E-state index is 13.7. The van der Waals surface area contributed by atoms with Crippen LogP contribution in [0, 0.1) is 5.82 Å². The molecule has 4 nitrogen and oxygen atoms in total. The third-order valence-electron chi connectivity index (χ3n) is 4.67. The molecule has 0 saturated carbocycles. The lowest BCUT2D eigenvalue weighted by Crippen LogP contribution is -2.34. The van der Waals surface area contributed by atoms with Gasteiger partial charge < -0.3 is 4.90 Å². The van der Waals surface area contributed by atoms with Gasteiger partial charge in [0.25, 0.3) is 11.8 Å². The summed E-state index contributed by atoms with van der Waals surface area (Å²) < 4.78 is 13.7. The fourth-order valence-electron chi connectivity index (χ4n) is 3.32. The van der Waals surface area contributed by atoms with E-state index in [2.05, 4.69) is 0 Å². The van der Waals surface area contributed by atoms with E-state index in [4.69, 9.17) is 0 Å². The Hall–Kier alpha value is -3.73. The Morgan fingerprint density at radius 3 is 2.07 bits per heavy atom. The van der Waals surface area contributed by atoms with Gasteiger partial charge in [0.1, 0.15) is 11.5 Å². The second-order valence-electron chi connectivity index (χ2n) is 6.41. The first-order chi connectivity index (χ1) is 13.6. The summed E-state index contributed by atoms with van der Waals surface area (Å²) in [6, 6.07) is 23.8. The van der Waals surface area contributed by atoms with Gasteiger partial charge in [0.2, 0.25) is 0 Å². The van der Waals surface area contributed by atoms with Crippen LogP contribution >= 0.6 is 0 Å². The van der Waals surface area contributed by atoms with E-state index in [1.54, 1.807) is 30.1 Å². The van der Waals surface area contributed by atoms with Gasteiger partial charge >= 0.3 is 0 Å². The first-order valence-electron chi connectivity index (χ1n) is 8.81. The van der Waals surface area contributed by atoms with Crippen molar-refractivity contribution in [3.05, 3.63) is 102 Å². The molecule has 0 unspecified atom stereocenters. The molecule has 1 heterocycles. The molecule has 0 bridgehead atoms. The SMILES string of the molecule is CN(C1=C(c2ccccc2)C(=O)N(c2cccc(F)c2)C1=O)c1ccccc1. The normalized spacial score (nSPS) is 14.0. The maximum atomic E-state index is 13.7. The van der Waals surface area contributed by atoms with Gasteiger partial charge in [-0.25, -0.2) is 9.29 Å². The minimum atomic E-state index is -0.510. The molecule has 0 aliphatic carbocycles. The van der Waals surface area contributed by atoms with Crippen LogP contribution in [0.25, 0.3) is 5.57 Å². The number of amides is 2. The van der Waals surface area contributed by atoms with Crippen LogP contribution in [0.5, 0.6) is 0 Å². The van der Waals surface area contributed by atoms with Crippen LogP contribution in [-0.2, 0) is 9.59 Å². The fraction of sp³-hybridized carbons (Fsp3) is 0.0435. The minimum Gasteiger partial charge on any atom is -0.339 e. The largest absolute Gasteiger partial charge is 0.339 e. The summed E-state index contributed by atoms with van der Waals surface area (Å²) in [6.45, 7) is 0. The second-order valence-corrected chi connectivity index (χ2v) is 6.41. The summed E-state index contributed by atoms with van der Waals surface area (Å²) >= 11 is 0. The average Bonchev–Trinajstić information content (AvgIpc) is 2.99. The number of hydrogen-bond acceptors (Lipinski definition) is 3. The lowest BCUT2D eigenvalue weighted by Gasteiger charge is -2.21. The molecule has 0 spiro atoms. The molecule has 2 amide bonds. The minimum absolute atomic E-state index is 0.208. The topological polar surface area (TPSA) is 40.6 Å². The second kappa shape index (κ2) is 7.12. The van der Waals surface area contributed by atoms with Crippen LogP contribution in [-0.4, -0.2) is 18.9 Å². The molecule has 0 aromatic heterocycles. The van der Waals surface area contributed by atoms with Crippen LogP contribution < -0.4 is 9.80 Å². The van der Waals surface area contributed by atoms with E-state index in [1.807, 2.05) is 48.5 Å². The molecule has 0 atom stereocenters. The number of para-hydroxylation sites is 1. The summed E-state index contributed by atoms with van der Waals surface area (Å²) in [5, 5.41) is 0.